The van der Waals surface area contributed by atoms with E-state index in [1.165, 1.54) is 44.1 Å². The number of hydrogen-bond acceptors (Lipinski definition) is 5. The molecule has 5 heteroatoms. The van der Waals surface area contributed by atoms with Gasteiger partial charge in [-0.05, 0) is 105 Å². The van der Waals surface area contributed by atoms with Crippen LogP contribution in [0.1, 0.15) is 96.8 Å². The maximum atomic E-state index is 12.1. The first-order valence-corrected chi connectivity index (χ1v) is 14.0. The van der Waals surface area contributed by atoms with Gasteiger partial charge in [0, 0.05) is 6.42 Å². The average Bonchev–Trinajstić information content (AvgIpc) is 3.19. The number of ether oxygens (including phenoxy) is 2. The second-order valence-electron chi connectivity index (χ2n) is 12.3. The fraction of sp³-hybridized carbons (Fsp3) is 0.828. The minimum absolute atomic E-state index is 0.0339. The Morgan fingerprint density at radius 2 is 1.82 bits per heavy atom. The van der Waals surface area contributed by atoms with Crippen LogP contribution in [0.4, 0.5) is 0 Å². The lowest BCUT2D eigenvalue weighted by Gasteiger charge is -2.52. The van der Waals surface area contributed by atoms with Crippen LogP contribution >= 0.6 is 0 Å². The quantitative estimate of drug-likeness (QED) is 0.459. The second kappa shape index (κ2) is 10.1. The van der Waals surface area contributed by atoms with Gasteiger partial charge in [0.1, 0.15) is 0 Å². The number of fused-ring (bicyclic) bond motifs is 5. The molecule has 0 aromatic carbocycles. The van der Waals surface area contributed by atoms with E-state index in [1.807, 2.05) is 6.08 Å². The van der Waals surface area contributed by atoms with Crippen LogP contribution < -0.4 is 0 Å². The van der Waals surface area contributed by atoms with E-state index < -0.39 is 5.97 Å². The number of carbonyl (C=O) groups excluding carboxylic acids is 3. The van der Waals surface area contributed by atoms with E-state index in [9.17, 15) is 14.4 Å². The summed E-state index contributed by atoms with van der Waals surface area (Å²) in [4.78, 5) is 36.2. The molecule has 0 amide bonds. The largest absolute Gasteiger partial charge is 0.463 e. The highest BCUT2D eigenvalue weighted by Gasteiger charge is 2.54. The summed E-state index contributed by atoms with van der Waals surface area (Å²) in [7, 11) is 0. The van der Waals surface area contributed by atoms with Crippen LogP contribution in [-0.2, 0) is 23.9 Å². The number of esters is 2. The average molecular weight is 471 g/mol. The maximum absolute atomic E-state index is 12.1. The van der Waals surface area contributed by atoms with E-state index >= 15 is 0 Å². The van der Waals surface area contributed by atoms with E-state index in [0.29, 0.717) is 29.6 Å². The van der Waals surface area contributed by atoms with Gasteiger partial charge in [-0.1, -0.05) is 31.8 Å². The van der Waals surface area contributed by atoms with Gasteiger partial charge in [-0.15, -0.1) is 0 Å². The molecular formula is C29H42O5. The molecule has 0 radical (unpaired) electrons. The predicted octanol–water partition coefficient (Wildman–Crippen LogP) is 5.80. The molecule has 0 spiro atoms. The molecular weight excluding hydrogens is 428 g/mol. The Morgan fingerprint density at radius 3 is 2.65 bits per heavy atom. The van der Waals surface area contributed by atoms with E-state index in [2.05, 4.69) is 6.92 Å². The fourth-order valence-corrected chi connectivity index (χ4v) is 8.58. The Labute approximate surface area is 204 Å². The molecule has 0 unspecified atom stereocenters. The Kier molecular flexibility index (Phi) is 7.18. The van der Waals surface area contributed by atoms with Crippen molar-refractivity contribution in [2.75, 3.05) is 13.2 Å². The summed E-state index contributed by atoms with van der Waals surface area (Å²) in [5.74, 6) is 3.24. The topological polar surface area (TPSA) is 69.7 Å². The van der Waals surface area contributed by atoms with Gasteiger partial charge in [0.05, 0.1) is 12.5 Å². The van der Waals surface area contributed by atoms with Gasteiger partial charge in [0.2, 0.25) is 0 Å². The van der Waals surface area contributed by atoms with Crippen LogP contribution in [0.15, 0.2) is 11.6 Å². The standard InChI is InChI=1S/C29H42O5/c1-29-13-11-24-23-10-8-22(30)16-21(23)7-9-25(24)26(29)15-19(17-29)12-14-33-27(31)18-34-28(32)20-5-3-2-4-6-20/h16,19-20,23-26H,2-15,17-18H2,1H3/t19-,23-,24+,25+,26-,29+/m0/s1. The summed E-state index contributed by atoms with van der Waals surface area (Å²) in [6.07, 6.45) is 17.3. The van der Waals surface area contributed by atoms with Crippen molar-refractivity contribution >= 4 is 17.7 Å². The second-order valence-corrected chi connectivity index (χ2v) is 12.3. The van der Waals surface area contributed by atoms with E-state index in [4.69, 9.17) is 9.47 Å². The number of hydrogen-bond donors (Lipinski definition) is 0. The van der Waals surface area contributed by atoms with Crippen LogP contribution in [0, 0.1) is 40.9 Å². The lowest BCUT2D eigenvalue weighted by Crippen LogP contribution is -2.44. The minimum atomic E-state index is -0.413. The molecule has 4 fully saturated rings. The molecule has 188 valence electrons. The van der Waals surface area contributed by atoms with Gasteiger partial charge < -0.3 is 9.47 Å². The first-order chi connectivity index (χ1) is 16.4. The molecule has 5 aliphatic carbocycles. The number of allylic oxidation sites excluding steroid dienone is 1. The van der Waals surface area contributed by atoms with Gasteiger partial charge in [-0.25, -0.2) is 4.79 Å². The van der Waals surface area contributed by atoms with E-state index in [0.717, 1.165) is 69.1 Å². The zero-order valence-electron chi connectivity index (χ0n) is 20.9. The molecule has 5 rings (SSSR count). The van der Waals surface area contributed by atoms with Crippen LogP contribution in [0.2, 0.25) is 0 Å². The van der Waals surface area contributed by atoms with Gasteiger partial charge in [-0.2, -0.15) is 0 Å². The van der Waals surface area contributed by atoms with Gasteiger partial charge >= 0.3 is 11.9 Å². The van der Waals surface area contributed by atoms with Crippen molar-refractivity contribution in [3.05, 3.63) is 11.6 Å². The highest BCUT2D eigenvalue weighted by atomic mass is 16.6. The minimum Gasteiger partial charge on any atom is -0.463 e. The smallest absolute Gasteiger partial charge is 0.344 e. The molecule has 0 bridgehead atoms. The van der Waals surface area contributed by atoms with Crippen LogP contribution in [0.5, 0.6) is 0 Å². The molecule has 0 N–H and O–H groups in total. The van der Waals surface area contributed by atoms with Gasteiger partial charge in [0.25, 0.3) is 0 Å². The zero-order valence-corrected chi connectivity index (χ0v) is 20.9. The van der Waals surface area contributed by atoms with Crippen LogP contribution in [0.3, 0.4) is 0 Å². The van der Waals surface area contributed by atoms with Crippen molar-refractivity contribution in [2.24, 2.45) is 40.9 Å². The summed E-state index contributed by atoms with van der Waals surface area (Å²) in [5.41, 5.74) is 1.86. The first kappa shape index (κ1) is 24.1. The summed E-state index contributed by atoms with van der Waals surface area (Å²) in [6.45, 7) is 2.68. The highest BCUT2D eigenvalue weighted by Crippen LogP contribution is 2.63. The Balaban J connectivity index is 1.07. The molecule has 0 aromatic heterocycles. The number of rotatable bonds is 6. The van der Waals surface area contributed by atoms with Crippen molar-refractivity contribution in [1.29, 1.82) is 0 Å². The van der Waals surface area contributed by atoms with Crippen LogP contribution in [0.25, 0.3) is 0 Å². The molecule has 0 aliphatic heterocycles. The third-order valence-electron chi connectivity index (χ3n) is 10.2. The molecule has 5 nitrogen and oxygen atoms in total. The normalized spacial score (nSPS) is 37.7. The Morgan fingerprint density at radius 1 is 1.00 bits per heavy atom. The lowest BCUT2D eigenvalue weighted by atomic mass is 9.52. The molecule has 0 saturated heterocycles. The third-order valence-corrected chi connectivity index (χ3v) is 10.2. The SMILES string of the molecule is C[C@]12CC[C@H]3[C@@H](CCC4=CC(=O)CC[C@@H]43)[C@@H]1C[C@H](CCOC(=O)COC(=O)C1CCCCC1)C2. The zero-order chi connectivity index (χ0) is 23.7. The summed E-state index contributed by atoms with van der Waals surface area (Å²) in [6, 6.07) is 0. The molecule has 34 heavy (non-hydrogen) atoms. The van der Waals surface area contributed by atoms with Crippen molar-refractivity contribution < 1.29 is 23.9 Å². The van der Waals surface area contributed by atoms with Crippen molar-refractivity contribution in [3.63, 3.8) is 0 Å². The molecule has 4 saturated carbocycles. The molecule has 6 atom stereocenters. The number of carbonyl (C=O) groups is 3. The predicted molar refractivity (Wildman–Crippen MR) is 129 cm³/mol. The van der Waals surface area contributed by atoms with E-state index in [1.54, 1.807) is 0 Å². The first-order valence-electron chi connectivity index (χ1n) is 14.0. The maximum Gasteiger partial charge on any atom is 0.344 e. The van der Waals surface area contributed by atoms with Gasteiger partial charge in [0.15, 0.2) is 12.4 Å². The lowest BCUT2D eigenvalue weighted by molar-refractivity contribution is -0.162. The monoisotopic (exact) mass is 470 g/mol. The van der Waals surface area contributed by atoms with Crippen molar-refractivity contribution in [2.45, 2.75) is 96.8 Å². The molecule has 0 aromatic rings. The third kappa shape index (κ3) is 4.99. The van der Waals surface area contributed by atoms with Crippen molar-refractivity contribution in [3.8, 4) is 0 Å². The van der Waals surface area contributed by atoms with E-state index in [-0.39, 0.29) is 18.5 Å². The summed E-state index contributed by atoms with van der Waals surface area (Å²) >= 11 is 0. The Bertz CT molecular complexity index is 824. The number of ketones is 1. The fourth-order valence-electron chi connectivity index (χ4n) is 8.58. The summed E-state index contributed by atoms with van der Waals surface area (Å²) in [5, 5.41) is 0. The van der Waals surface area contributed by atoms with Crippen LogP contribution in [-0.4, -0.2) is 30.9 Å². The van der Waals surface area contributed by atoms with Gasteiger partial charge in [-0.3, -0.25) is 9.59 Å². The highest BCUT2D eigenvalue weighted by molar-refractivity contribution is 5.91. The Hall–Kier alpha value is -1.65. The van der Waals surface area contributed by atoms with Crippen molar-refractivity contribution in [1.82, 2.24) is 0 Å². The summed E-state index contributed by atoms with van der Waals surface area (Å²) < 4.78 is 10.7. The molecule has 5 aliphatic rings. The molecule has 0 heterocycles.